The van der Waals surface area contributed by atoms with E-state index in [4.69, 9.17) is 0 Å². The van der Waals surface area contributed by atoms with Gasteiger partial charge in [-0.3, -0.25) is 0 Å². The van der Waals surface area contributed by atoms with Crippen LogP contribution < -0.4 is 4.90 Å². The number of benzene rings is 1. The molecular formula is C9H13FNP. The molecule has 0 amide bonds. The minimum Gasteiger partial charge on any atom is -0.368 e. The zero-order chi connectivity index (χ0) is 8.97. The second kappa shape index (κ2) is 4.42. The van der Waals surface area contributed by atoms with Gasteiger partial charge in [0, 0.05) is 18.5 Å². The summed E-state index contributed by atoms with van der Waals surface area (Å²) in [5.74, 6) is -0.182. The van der Waals surface area contributed by atoms with Crippen LogP contribution in [0.1, 0.15) is 6.92 Å². The van der Waals surface area contributed by atoms with Crippen molar-refractivity contribution in [2.45, 2.75) is 6.92 Å². The fraction of sp³-hybridized carbons (Fsp3) is 0.333. The molecule has 1 unspecified atom stereocenters. The number of anilines is 1. The molecule has 1 atom stereocenters. The van der Waals surface area contributed by atoms with Crippen molar-refractivity contribution in [3.8, 4) is 0 Å². The first-order valence-corrected chi connectivity index (χ1v) is 4.80. The summed E-state index contributed by atoms with van der Waals surface area (Å²) in [7, 11) is 2.66. The maximum Gasteiger partial charge on any atom is 0.123 e. The normalized spacial score (nSPS) is 9.92. The fourth-order valence-corrected chi connectivity index (χ4v) is 1.54. The van der Waals surface area contributed by atoms with Crippen molar-refractivity contribution < 1.29 is 4.39 Å². The molecule has 0 aliphatic carbocycles. The molecule has 0 saturated heterocycles. The van der Waals surface area contributed by atoms with Gasteiger partial charge in [-0.2, -0.15) is 0 Å². The van der Waals surface area contributed by atoms with E-state index in [1.54, 1.807) is 12.1 Å². The van der Waals surface area contributed by atoms with Crippen LogP contribution >= 0.6 is 9.24 Å². The Balaban J connectivity index is 2.80. The average molecular weight is 185 g/mol. The van der Waals surface area contributed by atoms with Crippen LogP contribution in [0.3, 0.4) is 0 Å². The van der Waals surface area contributed by atoms with Crippen LogP contribution in [0.5, 0.6) is 0 Å². The van der Waals surface area contributed by atoms with Gasteiger partial charge in [-0.05, 0) is 31.2 Å². The highest BCUT2D eigenvalue weighted by molar-refractivity contribution is 7.16. The van der Waals surface area contributed by atoms with E-state index in [9.17, 15) is 4.39 Å². The molecule has 1 aromatic rings. The van der Waals surface area contributed by atoms with Crippen LogP contribution in [-0.2, 0) is 0 Å². The van der Waals surface area contributed by atoms with Gasteiger partial charge in [0.05, 0.1) is 0 Å². The van der Waals surface area contributed by atoms with Gasteiger partial charge in [-0.1, -0.05) is 0 Å². The van der Waals surface area contributed by atoms with E-state index >= 15 is 0 Å². The van der Waals surface area contributed by atoms with Crippen LogP contribution in [0.25, 0.3) is 0 Å². The average Bonchev–Trinajstić information content (AvgIpc) is 2.10. The van der Waals surface area contributed by atoms with Crippen molar-refractivity contribution in [3.05, 3.63) is 30.1 Å². The standard InChI is InChI=1S/C9H13FNP/c1-2-11(7-12)9-5-3-8(10)4-6-9/h3-6H,2,7,12H2,1H3. The quantitative estimate of drug-likeness (QED) is 0.654. The van der Waals surface area contributed by atoms with Crippen molar-refractivity contribution in [1.82, 2.24) is 0 Å². The molecule has 0 bridgehead atoms. The number of hydrogen-bond donors (Lipinski definition) is 0. The van der Waals surface area contributed by atoms with Gasteiger partial charge >= 0.3 is 0 Å². The van der Waals surface area contributed by atoms with E-state index in [1.807, 2.05) is 0 Å². The first-order chi connectivity index (χ1) is 5.77. The molecule has 1 rings (SSSR count). The van der Waals surface area contributed by atoms with Crippen LogP contribution in [0.2, 0.25) is 0 Å². The highest BCUT2D eigenvalue weighted by Crippen LogP contribution is 2.15. The molecule has 0 aromatic heterocycles. The second-order valence-electron chi connectivity index (χ2n) is 2.52. The topological polar surface area (TPSA) is 3.24 Å². The van der Waals surface area contributed by atoms with Crippen LogP contribution in [-0.4, -0.2) is 12.8 Å². The summed E-state index contributed by atoms with van der Waals surface area (Å²) in [6.07, 6.45) is 0.877. The number of hydrogen-bond acceptors (Lipinski definition) is 1. The Morgan fingerprint density at radius 3 is 2.33 bits per heavy atom. The maximum absolute atomic E-state index is 12.5. The molecule has 0 heterocycles. The van der Waals surface area contributed by atoms with E-state index in [2.05, 4.69) is 21.1 Å². The highest BCUT2D eigenvalue weighted by atomic mass is 31.0. The molecule has 0 saturated carbocycles. The predicted octanol–water partition coefficient (Wildman–Crippen LogP) is 2.48. The predicted molar refractivity (Wildman–Crippen MR) is 54.0 cm³/mol. The van der Waals surface area contributed by atoms with E-state index in [1.165, 1.54) is 12.1 Å². The molecule has 0 N–H and O–H groups in total. The number of halogens is 1. The van der Waals surface area contributed by atoms with E-state index in [0.29, 0.717) is 0 Å². The van der Waals surface area contributed by atoms with Crippen LogP contribution in [0, 0.1) is 5.82 Å². The van der Waals surface area contributed by atoms with E-state index < -0.39 is 0 Å². The lowest BCUT2D eigenvalue weighted by Gasteiger charge is -2.20. The molecule has 0 radical (unpaired) electrons. The van der Waals surface area contributed by atoms with Gasteiger partial charge in [-0.25, -0.2) is 4.39 Å². The van der Waals surface area contributed by atoms with Crippen molar-refractivity contribution in [2.24, 2.45) is 0 Å². The summed E-state index contributed by atoms with van der Waals surface area (Å²) in [4.78, 5) is 2.14. The van der Waals surface area contributed by atoms with Crippen molar-refractivity contribution in [3.63, 3.8) is 0 Å². The van der Waals surface area contributed by atoms with Gasteiger partial charge < -0.3 is 4.90 Å². The highest BCUT2D eigenvalue weighted by Gasteiger charge is 1.99. The second-order valence-corrected chi connectivity index (χ2v) is 2.88. The SMILES string of the molecule is CCN(CP)c1ccc(F)cc1. The number of rotatable bonds is 3. The summed E-state index contributed by atoms with van der Waals surface area (Å²) in [5, 5.41) is 0. The van der Waals surface area contributed by atoms with Gasteiger partial charge in [0.2, 0.25) is 0 Å². The minimum absolute atomic E-state index is 0.182. The fourth-order valence-electron chi connectivity index (χ4n) is 1.07. The molecule has 0 fully saturated rings. The largest absolute Gasteiger partial charge is 0.368 e. The Bertz CT molecular complexity index is 231. The lowest BCUT2D eigenvalue weighted by molar-refractivity contribution is 0.627. The smallest absolute Gasteiger partial charge is 0.123 e. The summed E-state index contributed by atoms with van der Waals surface area (Å²) in [5.41, 5.74) is 1.06. The monoisotopic (exact) mass is 185 g/mol. The molecule has 0 spiro atoms. The Kier molecular flexibility index (Phi) is 3.48. The van der Waals surface area contributed by atoms with E-state index in [-0.39, 0.29) is 5.82 Å². The van der Waals surface area contributed by atoms with Gasteiger partial charge in [0.1, 0.15) is 5.82 Å². The lowest BCUT2D eigenvalue weighted by Crippen LogP contribution is -2.19. The zero-order valence-corrected chi connectivity index (χ0v) is 8.28. The molecule has 0 aliphatic heterocycles. The van der Waals surface area contributed by atoms with E-state index in [0.717, 1.165) is 18.5 Å². The number of nitrogens with zero attached hydrogens (tertiary/aromatic N) is 1. The molecule has 12 heavy (non-hydrogen) atoms. The molecule has 66 valence electrons. The maximum atomic E-state index is 12.5. The Labute approximate surface area is 74.8 Å². The molecular weight excluding hydrogens is 172 g/mol. The summed E-state index contributed by atoms with van der Waals surface area (Å²) in [6.45, 7) is 3.02. The molecule has 3 heteroatoms. The van der Waals surface area contributed by atoms with Crippen molar-refractivity contribution in [1.29, 1.82) is 0 Å². The molecule has 1 nitrogen and oxygen atoms in total. The van der Waals surface area contributed by atoms with Crippen molar-refractivity contribution >= 4 is 14.9 Å². The Morgan fingerprint density at radius 1 is 1.33 bits per heavy atom. The third-order valence-electron chi connectivity index (χ3n) is 1.79. The molecule has 1 aromatic carbocycles. The van der Waals surface area contributed by atoms with Crippen LogP contribution in [0.15, 0.2) is 24.3 Å². The Hall–Kier alpha value is -0.620. The van der Waals surface area contributed by atoms with Gasteiger partial charge in [0.15, 0.2) is 0 Å². The summed E-state index contributed by atoms with van der Waals surface area (Å²) < 4.78 is 12.5. The first kappa shape index (κ1) is 9.47. The van der Waals surface area contributed by atoms with Crippen LogP contribution in [0.4, 0.5) is 10.1 Å². The summed E-state index contributed by atoms with van der Waals surface area (Å²) in [6, 6.07) is 6.56. The third-order valence-corrected chi connectivity index (χ3v) is 2.23. The van der Waals surface area contributed by atoms with Gasteiger partial charge in [0.25, 0.3) is 0 Å². The zero-order valence-electron chi connectivity index (χ0n) is 7.13. The van der Waals surface area contributed by atoms with Crippen molar-refractivity contribution in [2.75, 3.05) is 17.7 Å². The third kappa shape index (κ3) is 2.18. The Morgan fingerprint density at radius 2 is 1.92 bits per heavy atom. The molecule has 0 aliphatic rings. The van der Waals surface area contributed by atoms with Gasteiger partial charge in [-0.15, -0.1) is 9.24 Å². The summed E-state index contributed by atoms with van der Waals surface area (Å²) >= 11 is 0. The minimum atomic E-state index is -0.182. The first-order valence-electron chi connectivity index (χ1n) is 3.98. The lowest BCUT2D eigenvalue weighted by atomic mass is 10.3.